The number of aliphatic imine (C=N–C) groups is 1. The molecule has 4 fully saturated rings. The molecule has 0 aromatic carbocycles. The van der Waals surface area contributed by atoms with E-state index in [1.807, 2.05) is 5.43 Å². The van der Waals surface area contributed by atoms with Gasteiger partial charge in [-0.2, -0.15) is 0 Å². The van der Waals surface area contributed by atoms with Gasteiger partial charge < -0.3 is 25.7 Å². The van der Waals surface area contributed by atoms with Crippen molar-refractivity contribution >= 4 is 34.9 Å². The SMILES string of the molecule is CCS(=O)(=O)NCCCCCC(=O)N[C@@H](CCCN=C(N)N[N+](=O)O)C(=O)N[C@@H](CC(C)C)B1O[C@@H]2C[C@@H]3C[C@@H](C3(C)C)[C@]2(C)O1. The Morgan fingerprint density at radius 1 is 1.13 bits per heavy atom. The van der Waals surface area contributed by atoms with Crippen LogP contribution in [-0.2, 0) is 28.9 Å². The highest BCUT2D eigenvalue weighted by atomic mass is 32.2. The third kappa shape index (κ3) is 10.0. The molecule has 0 spiro atoms. The number of rotatable bonds is 19. The molecule has 0 unspecified atom stereocenters. The summed E-state index contributed by atoms with van der Waals surface area (Å²) in [7, 11) is -3.86. The molecule has 0 aromatic heterocycles. The fourth-order valence-electron chi connectivity index (χ4n) is 7.18. The van der Waals surface area contributed by atoms with E-state index >= 15 is 0 Å². The van der Waals surface area contributed by atoms with E-state index in [1.165, 1.54) is 0 Å². The molecule has 0 aromatic rings. The van der Waals surface area contributed by atoms with Crippen molar-refractivity contribution in [3.63, 3.8) is 0 Å². The Labute approximate surface area is 273 Å². The molecule has 6 atom stereocenters. The quantitative estimate of drug-likeness (QED) is 0.0383. The van der Waals surface area contributed by atoms with E-state index in [9.17, 15) is 22.9 Å². The number of amides is 2. The number of hydrazine groups is 1. The highest BCUT2D eigenvalue weighted by Gasteiger charge is 2.68. The highest BCUT2D eigenvalue weighted by molar-refractivity contribution is 7.89. The first-order valence-electron chi connectivity index (χ1n) is 16.6. The van der Waals surface area contributed by atoms with Gasteiger partial charge in [0, 0.05) is 19.5 Å². The minimum atomic E-state index is -3.25. The lowest BCUT2D eigenvalue weighted by molar-refractivity contribution is -0.822. The first kappa shape index (κ1) is 38.0. The van der Waals surface area contributed by atoms with Crippen LogP contribution in [-0.4, -0.2) is 86.1 Å². The number of nitrogens with one attached hydrogen (secondary N) is 4. The van der Waals surface area contributed by atoms with E-state index in [4.69, 9.17) is 20.2 Å². The molecule has 4 rings (SSSR count). The largest absolute Gasteiger partial charge is 0.481 e. The fourth-order valence-corrected chi connectivity index (χ4v) is 7.84. The summed E-state index contributed by atoms with van der Waals surface area (Å²) >= 11 is 0. The summed E-state index contributed by atoms with van der Waals surface area (Å²) in [6.07, 6.45) is 5.18. The summed E-state index contributed by atoms with van der Waals surface area (Å²) < 4.78 is 38.9. The molecule has 1 aliphatic heterocycles. The number of nitrogens with zero attached hydrogens (tertiary/aromatic N) is 2. The maximum Gasteiger partial charge on any atom is 0.481 e. The smallest absolute Gasteiger partial charge is 0.404 e. The van der Waals surface area contributed by atoms with Gasteiger partial charge in [-0.3, -0.25) is 9.59 Å². The molecule has 4 aliphatic rings. The lowest BCUT2D eigenvalue weighted by atomic mass is 9.43. The molecule has 3 aliphatic carbocycles. The molecule has 2 amide bonds. The second kappa shape index (κ2) is 16.1. The van der Waals surface area contributed by atoms with E-state index in [-0.39, 0.29) is 60.4 Å². The van der Waals surface area contributed by atoms with Crippen LogP contribution in [0.4, 0.5) is 0 Å². The molecular weight excluding hydrogens is 617 g/mol. The van der Waals surface area contributed by atoms with Crippen molar-refractivity contribution in [1.82, 2.24) is 20.8 Å². The van der Waals surface area contributed by atoms with Gasteiger partial charge >= 0.3 is 12.2 Å². The molecular formula is C29H55BN7O8S+. The van der Waals surface area contributed by atoms with Crippen LogP contribution in [0.1, 0.15) is 99.3 Å². The van der Waals surface area contributed by atoms with Crippen LogP contribution >= 0.6 is 0 Å². The van der Waals surface area contributed by atoms with Gasteiger partial charge in [-0.15, -0.1) is 0 Å². The van der Waals surface area contributed by atoms with Crippen molar-refractivity contribution in [3.05, 3.63) is 4.91 Å². The van der Waals surface area contributed by atoms with Crippen LogP contribution in [0.2, 0.25) is 0 Å². The lowest BCUT2D eigenvalue weighted by Gasteiger charge is -2.64. The van der Waals surface area contributed by atoms with Gasteiger partial charge in [0.2, 0.25) is 21.8 Å². The number of hydrogen-bond acceptors (Lipinski definition) is 8. The maximum atomic E-state index is 13.8. The molecule has 17 heteroatoms. The van der Waals surface area contributed by atoms with Crippen molar-refractivity contribution in [2.45, 2.75) is 123 Å². The lowest BCUT2D eigenvalue weighted by Crippen LogP contribution is -2.65. The molecule has 1 heterocycles. The monoisotopic (exact) mass is 672 g/mol. The summed E-state index contributed by atoms with van der Waals surface area (Å²) in [6, 6.07) is -0.872. The van der Waals surface area contributed by atoms with Gasteiger partial charge in [0.05, 0.1) is 23.4 Å². The Balaban J connectivity index is 1.62. The van der Waals surface area contributed by atoms with Crippen molar-refractivity contribution in [2.75, 3.05) is 18.8 Å². The number of carbonyl (C=O) groups is 2. The predicted octanol–water partition coefficient (Wildman–Crippen LogP) is 1.54. The number of unbranched alkanes of at least 4 members (excludes halogenated alkanes) is 2. The maximum absolute atomic E-state index is 13.8. The van der Waals surface area contributed by atoms with E-state index in [0.29, 0.717) is 50.5 Å². The second-order valence-corrected chi connectivity index (χ2v) is 16.2. The number of hydrogen-bond donors (Lipinski definition) is 6. The average Bonchev–Trinajstić information content (AvgIpc) is 3.32. The number of carbonyl (C=O) groups excluding carboxylic acids is 2. The van der Waals surface area contributed by atoms with Gasteiger partial charge in [-0.1, -0.05) is 34.1 Å². The molecule has 1 saturated heterocycles. The molecule has 7 N–H and O–H groups in total. The third-order valence-corrected chi connectivity index (χ3v) is 11.3. The fraction of sp³-hybridized carbons (Fsp3) is 0.897. The average molecular weight is 673 g/mol. The van der Waals surface area contributed by atoms with E-state index < -0.39 is 39.8 Å². The minimum Gasteiger partial charge on any atom is -0.404 e. The molecule has 15 nitrogen and oxygen atoms in total. The molecule has 0 radical (unpaired) electrons. The van der Waals surface area contributed by atoms with Crippen molar-refractivity contribution in [3.8, 4) is 0 Å². The van der Waals surface area contributed by atoms with Crippen LogP contribution in [0.25, 0.3) is 0 Å². The Morgan fingerprint density at radius 3 is 2.48 bits per heavy atom. The highest BCUT2D eigenvalue weighted by Crippen LogP contribution is 2.65. The van der Waals surface area contributed by atoms with Gasteiger partial charge in [-0.25, -0.2) is 23.3 Å². The van der Waals surface area contributed by atoms with Gasteiger partial charge in [-0.05, 0) is 87.4 Å². The van der Waals surface area contributed by atoms with Gasteiger partial charge in [0.15, 0.2) is 0 Å². The zero-order valence-electron chi connectivity index (χ0n) is 28.2. The van der Waals surface area contributed by atoms with E-state index in [2.05, 4.69) is 55.0 Å². The summed E-state index contributed by atoms with van der Waals surface area (Å²) in [6.45, 7) is 12.9. The Kier molecular flexibility index (Phi) is 13.3. The zero-order valence-corrected chi connectivity index (χ0v) is 29.0. The van der Waals surface area contributed by atoms with Crippen LogP contribution in [0.3, 0.4) is 0 Å². The topological polar surface area (TPSA) is 214 Å². The minimum absolute atomic E-state index is 0.0158. The standard InChI is InChI=1S/C29H54BN7O8S/c1-7-46(42,43)33-15-10-8-9-13-25(38)34-21(12-11-14-32-27(31)36-37(40)41)26(39)35-24(16-19(2)3)30-44-23-18-20-17-22(28(20,4)5)29(23,6)45-30/h19-24,33H,7-18H2,1-6H3,(H5-,31,32,34,35,36,38,39,40,41)/p+1/t20-,21-,22-,23+,24-,29-/m0/s1. The predicted molar refractivity (Wildman–Crippen MR) is 174 cm³/mol. The van der Waals surface area contributed by atoms with Crippen LogP contribution in [0.5, 0.6) is 0 Å². The molecule has 2 bridgehead atoms. The second-order valence-electron chi connectivity index (χ2n) is 14.1. The summed E-state index contributed by atoms with van der Waals surface area (Å²) in [5.74, 6) is -0.134. The Bertz CT molecular complexity index is 1220. The van der Waals surface area contributed by atoms with Crippen LogP contribution in [0, 0.1) is 28.1 Å². The number of guanidine groups is 1. The summed E-state index contributed by atoms with van der Waals surface area (Å²) in [4.78, 5) is 41.3. The van der Waals surface area contributed by atoms with E-state index in [0.717, 1.165) is 12.8 Å². The Hall–Kier alpha value is -2.50. The number of sulfonamides is 1. The first-order valence-corrected chi connectivity index (χ1v) is 18.3. The summed E-state index contributed by atoms with van der Waals surface area (Å²) in [5.41, 5.74) is 7.20. The molecule has 46 heavy (non-hydrogen) atoms. The van der Waals surface area contributed by atoms with Crippen LogP contribution in [0.15, 0.2) is 4.99 Å². The molecule has 262 valence electrons. The van der Waals surface area contributed by atoms with Crippen molar-refractivity contribution in [2.24, 2.45) is 33.9 Å². The van der Waals surface area contributed by atoms with Crippen LogP contribution < -0.4 is 26.5 Å². The van der Waals surface area contributed by atoms with Gasteiger partial charge in [0.25, 0.3) is 5.96 Å². The zero-order chi connectivity index (χ0) is 34.3. The third-order valence-electron chi connectivity index (χ3n) is 9.93. The van der Waals surface area contributed by atoms with Gasteiger partial charge in [0.1, 0.15) is 10.9 Å². The Morgan fingerprint density at radius 2 is 1.85 bits per heavy atom. The number of nitrogens with two attached hydrogens (primary N) is 1. The van der Waals surface area contributed by atoms with Crippen molar-refractivity contribution in [1.29, 1.82) is 0 Å². The molecule has 3 saturated carbocycles. The normalized spacial score (nSPS) is 26.5. The first-order chi connectivity index (χ1) is 21.5. The van der Waals surface area contributed by atoms with E-state index in [1.54, 1.807) is 6.92 Å². The van der Waals surface area contributed by atoms with Crippen molar-refractivity contribution < 1.29 is 37.6 Å². The summed E-state index contributed by atoms with van der Waals surface area (Å²) in [5, 5.41) is 14.1.